The predicted molar refractivity (Wildman–Crippen MR) is 117 cm³/mol. The summed E-state index contributed by atoms with van der Waals surface area (Å²) in [6, 6.07) is 13.6. The van der Waals surface area contributed by atoms with Gasteiger partial charge in [-0.2, -0.15) is 0 Å². The Balaban J connectivity index is 1.78. The van der Waals surface area contributed by atoms with Gasteiger partial charge in [-0.25, -0.2) is 0 Å². The Labute approximate surface area is 181 Å². The number of amides is 3. The van der Waals surface area contributed by atoms with Crippen molar-refractivity contribution in [3.8, 4) is 0 Å². The molecule has 1 atom stereocenters. The molecule has 0 fully saturated rings. The van der Waals surface area contributed by atoms with Gasteiger partial charge in [0.25, 0.3) is 5.91 Å². The highest BCUT2D eigenvalue weighted by Crippen LogP contribution is 2.31. The molecule has 2 aromatic rings. The molecule has 3 amide bonds. The monoisotopic (exact) mass is 425 g/mol. The third-order valence-electron chi connectivity index (χ3n) is 5.23. The van der Waals surface area contributed by atoms with Gasteiger partial charge in [-0.1, -0.05) is 36.4 Å². The highest BCUT2D eigenvalue weighted by atomic mass is 32.1. The van der Waals surface area contributed by atoms with Crippen LogP contribution in [0.15, 0.2) is 59.1 Å². The quantitative estimate of drug-likeness (QED) is 0.741. The maximum absolute atomic E-state index is 13.2. The van der Waals surface area contributed by atoms with Crippen LogP contribution in [0, 0.1) is 5.92 Å². The summed E-state index contributed by atoms with van der Waals surface area (Å²) in [6.07, 6.45) is 0.340. The number of hydrogen-bond acceptors (Lipinski definition) is 4. The van der Waals surface area contributed by atoms with Gasteiger partial charge in [0.05, 0.1) is 19.0 Å². The van der Waals surface area contributed by atoms with Crippen LogP contribution in [0.25, 0.3) is 0 Å². The second kappa shape index (κ2) is 9.71. The van der Waals surface area contributed by atoms with Crippen LogP contribution in [-0.2, 0) is 27.5 Å². The van der Waals surface area contributed by atoms with E-state index in [0.29, 0.717) is 24.4 Å². The molecule has 0 spiro atoms. The Kier molecular flexibility index (Phi) is 7.05. The third-order valence-corrected chi connectivity index (χ3v) is 6.10. The molecule has 7 heteroatoms. The molecule has 2 heterocycles. The molecule has 1 N–H and O–H groups in total. The first kappa shape index (κ1) is 21.8. The minimum absolute atomic E-state index is 0.0625. The first-order valence-corrected chi connectivity index (χ1v) is 10.8. The van der Waals surface area contributed by atoms with Gasteiger partial charge in [0.2, 0.25) is 11.8 Å². The maximum atomic E-state index is 13.2. The van der Waals surface area contributed by atoms with Gasteiger partial charge in [0, 0.05) is 36.7 Å². The summed E-state index contributed by atoms with van der Waals surface area (Å²) in [5.74, 6) is -0.975. The van der Waals surface area contributed by atoms with Crippen LogP contribution in [0.3, 0.4) is 0 Å². The lowest BCUT2D eigenvalue weighted by molar-refractivity contribution is -0.139. The van der Waals surface area contributed by atoms with E-state index in [2.05, 4.69) is 5.32 Å². The predicted octanol–water partition coefficient (Wildman–Crippen LogP) is 3.17. The van der Waals surface area contributed by atoms with Crippen molar-refractivity contribution in [1.82, 2.24) is 15.1 Å². The number of hydrogen-bond donors (Lipinski definition) is 1. The zero-order valence-electron chi connectivity index (χ0n) is 17.6. The summed E-state index contributed by atoms with van der Waals surface area (Å²) in [4.78, 5) is 42.7. The summed E-state index contributed by atoms with van der Waals surface area (Å²) >= 11 is 1.57. The zero-order valence-corrected chi connectivity index (χ0v) is 18.4. The van der Waals surface area contributed by atoms with Crippen LogP contribution >= 0.6 is 11.3 Å². The molecule has 30 heavy (non-hydrogen) atoms. The van der Waals surface area contributed by atoms with Crippen LogP contribution in [0.5, 0.6) is 0 Å². The van der Waals surface area contributed by atoms with Crippen molar-refractivity contribution in [2.75, 3.05) is 14.1 Å². The van der Waals surface area contributed by atoms with Crippen LogP contribution in [0.4, 0.5) is 0 Å². The fourth-order valence-corrected chi connectivity index (χ4v) is 4.20. The number of likely N-dealkylation sites (N-methyl/N-ethyl adjacent to an activating group) is 1. The maximum Gasteiger partial charge on any atom is 0.251 e. The van der Waals surface area contributed by atoms with E-state index in [-0.39, 0.29) is 30.6 Å². The number of benzene rings is 1. The van der Waals surface area contributed by atoms with E-state index in [1.165, 1.54) is 4.90 Å². The molecule has 0 radical (unpaired) electrons. The summed E-state index contributed by atoms with van der Waals surface area (Å²) in [5, 5.41) is 4.84. The summed E-state index contributed by atoms with van der Waals surface area (Å²) in [5.41, 5.74) is 2.23. The minimum Gasteiger partial charge on any atom is -0.351 e. The molecule has 158 valence electrons. The second-order valence-electron chi connectivity index (χ2n) is 7.63. The van der Waals surface area contributed by atoms with E-state index >= 15 is 0 Å². The second-order valence-corrected chi connectivity index (χ2v) is 8.67. The van der Waals surface area contributed by atoms with Gasteiger partial charge >= 0.3 is 0 Å². The number of allylic oxidation sites excluding steroid dienone is 1. The third kappa shape index (κ3) is 5.16. The Bertz CT molecular complexity index is 936. The Morgan fingerprint density at radius 1 is 1.17 bits per heavy atom. The summed E-state index contributed by atoms with van der Waals surface area (Å²) in [6.45, 7) is 2.64. The van der Waals surface area contributed by atoms with Crippen LogP contribution in [0.1, 0.15) is 30.2 Å². The van der Waals surface area contributed by atoms with Gasteiger partial charge in [0.15, 0.2) is 0 Å². The van der Waals surface area contributed by atoms with Crippen LogP contribution < -0.4 is 5.32 Å². The average molecular weight is 426 g/mol. The average Bonchev–Trinajstić information content (AvgIpc) is 3.25. The largest absolute Gasteiger partial charge is 0.351 e. The van der Waals surface area contributed by atoms with Gasteiger partial charge in [0.1, 0.15) is 0 Å². The van der Waals surface area contributed by atoms with E-state index in [1.54, 1.807) is 30.3 Å². The molecule has 0 saturated carbocycles. The lowest BCUT2D eigenvalue weighted by Crippen LogP contribution is -2.43. The number of rotatable bonds is 7. The number of carbonyl (C=O) groups is 3. The van der Waals surface area contributed by atoms with E-state index < -0.39 is 5.92 Å². The van der Waals surface area contributed by atoms with Gasteiger partial charge in [-0.05, 0) is 30.4 Å². The first-order valence-electron chi connectivity index (χ1n) is 9.92. The Hall–Kier alpha value is -2.93. The van der Waals surface area contributed by atoms with E-state index in [9.17, 15) is 14.4 Å². The number of nitrogens with zero attached hydrogens (tertiary/aromatic N) is 2. The van der Waals surface area contributed by atoms with Gasteiger partial charge < -0.3 is 15.1 Å². The molecular weight excluding hydrogens is 398 g/mol. The molecule has 1 aliphatic rings. The lowest BCUT2D eigenvalue weighted by Gasteiger charge is -2.35. The highest BCUT2D eigenvalue weighted by Gasteiger charge is 2.36. The fourth-order valence-electron chi connectivity index (χ4n) is 3.56. The van der Waals surface area contributed by atoms with Crippen molar-refractivity contribution < 1.29 is 14.4 Å². The van der Waals surface area contributed by atoms with Crippen LogP contribution in [-0.4, -0.2) is 41.6 Å². The van der Waals surface area contributed by atoms with E-state index in [0.717, 1.165) is 10.4 Å². The van der Waals surface area contributed by atoms with E-state index in [4.69, 9.17) is 0 Å². The standard InChI is InChI=1S/C23H27N3O3S/c1-16-20(23(29)25(2)3)12-18(13-21(27)24-14-19-10-7-11-30-19)22(28)26(16)15-17-8-5-4-6-9-17/h4-11,18H,12-15H2,1-3H3,(H,24,27). The van der Waals surface area contributed by atoms with Crippen molar-refractivity contribution in [1.29, 1.82) is 0 Å². The summed E-state index contributed by atoms with van der Waals surface area (Å²) < 4.78 is 0. The summed E-state index contributed by atoms with van der Waals surface area (Å²) in [7, 11) is 3.40. The molecule has 0 aliphatic carbocycles. The van der Waals surface area contributed by atoms with Crippen molar-refractivity contribution in [2.45, 2.75) is 32.9 Å². The minimum atomic E-state index is -0.556. The number of nitrogens with one attached hydrogen (secondary N) is 1. The molecule has 6 nitrogen and oxygen atoms in total. The molecule has 0 bridgehead atoms. The molecule has 1 aromatic carbocycles. The lowest BCUT2D eigenvalue weighted by atomic mass is 9.88. The van der Waals surface area contributed by atoms with Gasteiger partial charge in [-0.15, -0.1) is 11.3 Å². The van der Waals surface area contributed by atoms with Crippen molar-refractivity contribution in [2.24, 2.45) is 5.92 Å². The molecule has 1 aliphatic heterocycles. The molecule has 3 rings (SSSR count). The Morgan fingerprint density at radius 3 is 2.53 bits per heavy atom. The smallest absolute Gasteiger partial charge is 0.251 e. The SMILES string of the molecule is CC1=C(C(=O)N(C)C)CC(CC(=O)NCc2cccs2)C(=O)N1Cc1ccccc1. The zero-order chi connectivity index (χ0) is 21.7. The number of carbonyl (C=O) groups excluding carboxylic acids is 3. The molecule has 0 saturated heterocycles. The normalized spacial score (nSPS) is 16.6. The fraction of sp³-hybridized carbons (Fsp3) is 0.348. The van der Waals surface area contributed by atoms with Crippen molar-refractivity contribution >= 4 is 29.1 Å². The van der Waals surface area contributed by atoms with Crippen molar-refractivity contribution in [3.05, 3.63) is 69.6 Å². The molecular formula is C23H27N3O3S. The van der Waals surface area contributed by atoms with Crippen molar-refractivity contribution in [3.63, 3.8) is 0 Å². The van der Waals surface area contributed by atoms with Gasteiger partial charge in [-0.3, -0.25) is 14.4 Å². The highest BCUT2D eigenvalue weighted by molar-refractivity contribution is 7.09. The Morgan fingerprint density at radius 2 is 1.90 bits per heavy atom. The molecule has 1 unspecified atom stereocenters. The topological polar surface area (TPSA) is 69.7 Å². The van der Waals surface area contributed by atoms with E-state index in [1.807, 2.05) is 54.8 Å². The van der Waals surface area contributed by atoms with Crippen LogP contribution in [0.2, 0.25) is 0 Å². The number of thiophene rings is 1. The first-order chi connectivity index (χ1) is 14.4. The molecule has 1 aromatic heterocycles.